The summed E-state index contributed by atoms with van der Waals surface area (Å²) in [5, 5.41) is 6.36. The molecule has 1 heterocycles. The molecule has 1 fully saturated rings. The fourth-order valence-electron chi connectivity index (χ4n) is 1.68. The van der Waals surface area contributed by atoms with Gasteiger partial charge in [-0.2, -0.15) is 0 Å². The second-order valence-electron chi connectivity index (χ2n) is 4.62. The number of ether oxygens (including phenoxy) is 1. The molecule has 1 aliphatic carbocycles. The molecule has 0 bridgehead atoms. The van der Waals surface area contributed by atoms with E-state index in [1.54, 1.807) is 6.07 Å². The summed E-state index contributed by atoms with van der Waals surface area (Å²) < 4.78 is 5.25. The van der Waals surface area contributed by atoms with Crippen LogP contribution in [0.15, 0.2) is 6.07 Å². The lowest BCUT2D eigenvalue weighted by atomic mass is 10.4. The van der Waals surface area contributed by atoms with Crippen molar-refractivity contribution >= 4 is 23.3 Å². The van der Waals surface area contributed by atoms with E-state index in [0.29, 0.717) is 43.1 Å². The third kappa shape index (κ3) is 4.94. The van der Waals surface area contributed by atoms with Crippen LogP contribution in [0.25, 0.3) is 0 Å². The van der Waals surface area contributed by atoms with Gasteiger partial charge in [0.15, 0.2) is 5.82 Å². The van der Waals surface area contributed by atoms with E-state index in [9.17, 15) is 4.79 Å². The number of nitrogens with one attached hydrogen (secondary N) is 2. The molecule has 2 rings (SSSR count). The first-order valence-corrected chi connectivity index (χ1v) is 7.19. The maximum absolute atomic E-state index is 11.4. The molecule has 0 aromatic carbocycles. The van der Waals surface area contributed by atoms with Crippen molar-refractivity contribution < 1.29 is 9.53 Å². The number of carbonyl (C=O) groups excluding carboxylic acids is 1. The lowest BCUT2D eigenvalue weighted by Gasteiger charge is -2.09. The molecule has 0 atom stereocenters. The van der Waals surface area contributed by atoms with Crippen LogP contribution in [-0.2, 0) is 16.1 Å². The van der Waals surface area contributed by atoms with Crippen molar-refractivity contribution in [3.05, 3.63) is 17.0 Å². The van der Waals surface area contributed by atoms with E-state index in [1.165, 1.54) is 0 Å². The number of hydrogen-bond donors (Lipinski definition) is 2. The minimum Gasteiger partial charge on any atom is -0.374 e. The van der Waals surface area contributed by atoms with Gasteiger partial charge < -0.3 is 15.4 Å². The van der Waals surface area contributed by atoms with E-state index in [2.05, 4.69) is 20.6 Å². The van der Waals surface area contributed by atoms with E-state index in [0.717, 1.165) is 12.8 Å². The zero-order chi connectivity index (χ0) is 14.4. The van der Waals surface area contributed by atoms with Gasteiger partial charge in [0.25, 0.3) is 0 Å². The Morgan fingerprint density at radius 2 is 2.25 bits per heavy atom. The maximum Gasteiger partial charge on any atom is 0.223 e. The van der Waals surface area contributed by atoms with Crippen LogP contribution in [0.5, 0.6) is 0 Å². The zero-order valence-corrected chi connectivity index (χ0v) is 12.2. The highest BCUT2D eigenvalue weighted by Crippen LogP contribution is 2.28. The molecule has 1 saturated carbocycles. The number of nitrogens with zero attached hydrogens (tertiary/aromatic N) is 2. The third-order valence-corrected chi connectivity index (χ3v) is 3.05. The van der Waals surface area contributed by atoms with E-state index in [-0.39, 0.29) is 11.8 Å². The minimum absolute atomic E-state index is 0.143. The molecule has 20 heavy (non-hydrogen) atoms. The summed E-state index contributed by atoms with van der Waals surface area (Å²) in [6.07, 6.45) is 2.03. The van der Waals surface area contributed by atoms with Gasteiger partial charge in [-0.15, -0.1) is 0 Å². The van der Waals surface area contributed by atoms with E-state index >= 15 is 0 Å². The van der Waals surface area contributed by atoms with Crippen LogP contribution in [0.4, 0.5) is 5.82 Å². The first-order valence-electron chi connectivity index (χ1n) is 6.82. The van der Waals surface area contributed by atoms with Crippen LogP contribution < -0.4 is 10.6 Å². The maximum atomic E-state index is 11.4. The molecule has 0 unspecified atom stereocenters. The highest BCUT2D eigenvalue weighted by atomic mass is 35.5. The number of rotatable bonds is 8. The predicted octanol–water partition coefficient (Wildman–Crippen LogP) is 1.60. The molecular formula is C13H19ClN4O2. The Balaban J connectivity index is 1.76. The Hall–Kier alpha value is -1.40. The van der Waals surface area contributed by atoms with Crippen molar-refractivity contribution in [2.24, 2.45) is 5.92 Å². The van der Waals surface area contributed by atoms with Crippen LogP contribution >= 0.6 is 11.6 Å². The molecule has 110 valence electrons. The Bertz CT molecular complexity index is 466. The van der Waals surface area contributed by atoms with E-state index < -0.39 is 0 Å². The molecule has 1 amide bonds. The summed E-state index contributed by atoms with van der Waals surface area (Å²) in [7, 11) is 0. The van der Waals surface area contributed by atoms with E-state index in [4.69, 9.17) is 16.3 Å². The average molecular weight is 299 g/mol. The Labute approximate surface area is 123 Å². The molecule has 1 aromatic rings. The van der Waals surface area contributed by atoms with Crippen molar-refractivity contribution in [3.8, 4) is 0 Å². The number of hydrogen-bond acceptors (Lipinski definition) is 5. The van der Waals surface area contributed by atoms with Crippen LogP contribution in [0.3, 0.4) is 0 Å². The minimum atomic E-state index is 0.143. The molecule has 0 aliphatic heterocycles. The van der Waals surface area contributed by atoms with Crippen molar-refractivity contribution in [2.45, 2.75) is 26.4 Å². The smallest absolute Gasteiger partial charge is 0.223 e. The van der Waals surface area contributed by atoms with Gasteiger partial charge in [-0.1, -0.05) is 11.6 Å². The second kappa shape index (κ2) is 7.40. The van der Waals surface area contributed by atoms with Gasteiger partial charge in [-0.25, -0.2) is 9.97 Å². The largest absolute Gasteiger partial charge is 0.374 e. The first kappa shape index (κ1) is 15.0. The first-order chi connectivity index (χ1) is 9.69. The molecule has 7 heteroatoms. The summed E-state index contributed by atoms with van der Waals surface area (Å²) in [4.78, 5) is 19.8. The SMILES string of the molecule is CCOCc1nc(Cl)cc(NCCNC(=O)C2CC2)n1. The molecule has 6 nitrogen and oxygen atoms in total. The van der Waals surface area contributed by atoms with Gasteiger partial charge >= 0.3 is 0 Å². The lowest BCUT2D eigenvalue weighted by Crippen LogP contribution is -2.30. The Kier molecular flexibility index (Phi) is 5.55. The van der Waals surface area contributed by atoms with Crippen LogP contribution in [0.2, 0.25) is 5.15 Å². The van der Waals surface area contributed by atoms with Gasteiger partial charge in [0.05, 0.1) is 0 Å². The summed E-state index contributed by atoms with van der Waals surface area (Å²) in [6.45, 7) is 4.01. The lowest BCUT2D eigenvalue weighted by molar-refractivity contribution is -0.122. The quantitative estimate of drug-likeness (QED) is 0.563. The zero-order valence-electron chi connectivity index (χ0n) is 11.5. The topological polar surface area (TPSA) is 76.1 Å². The van der Waals surface area contributed by atoms with Crippen molar-refractivity contribution in [3.63, 3.8) is 0 Å². The highest BCUT2D eigenvalue weighted by Gasteiger charge is 2.28. The van der Waals surface area contributed by atoms with Crippen LogP contribution in [0.1, 0.15) is 25.6 Å². The Morgan fingerprint density at radius 3 is 2.95 bits per heavy atom. The number of halogens is 1. The van der Waals surface area contributed by atoms with Crippen molar-refractivity contribution in [1.29, 1.82) is 0 Å². The molecular weight excluding hydrogens is 280 g/mol. The molecule has 1 aromatic heterocycles. The molecule has 2 N–H and O–H groups in total. The fourth-order valence-corrected chi connectivity index (χ4v) is 1.88. The normalized spacial score (nSPS) is 14.1. The third-order valence-electron chi connectivity index (χ3n) is 2.85. The standard InChI is InChI=1S/C13H19ClN4O2/c1-2-20-8-12-17-10(14)7-11(18-12)15-5-6-16-13(19)9-3-4-9/h7,9H,2-6,8H2,1H3,(H,16,19)(H,15,17,18). The Morgan fingerprint density at radius 1 is 1.45 bits per heavy atom. The number of aromatic nitrogens is 2. The predicted molar refractivity (Wildman–Crippen MR) is 76.6 cm³/mol. The molecule has 0 saturated heterocycles. The molecule has 0 spiro atoms. The van der Waals surface area contributed by atoms with Crippen LogP contribution in [-0.4, -0.2) is 35.6 Å². The van der Waals surface area contributed by atoms with Gasteiger partial charge in [-0.3, -0.25) is 4.79 Å². The van der Waals surface area contributed by atoms with E-state index in [1.807, 2.05) is 6.92 Å². The second-order valence-corrected chi connectivity index (χ2v) is 5.01. The summed E-state index contributed by atoms with van der Waals surface area (Å²) in [5.41, 5.74) is 0. The fraction of sp³-hybridized carbons (Fsp3) is 0.615. The van der Waals surface area contributed by atoms with Crippen LogP contribution in [0, 0.1) is 5.92 Å². The monoisotopic (exact) mass is 298 g/mol. The van der Waals surface area contributed by atoms with Crippen molar-refractivity contribution in [2.75, 3.05) is 25.0 Å². The summed E-state index contributed by atoms with van der Waals surface area (Å²) >= 11 is 5.93. The number of carbonyl (C=O) groups is 1. The van der Waals surface area contributed by atoms with Crippen molar-refractivity contribution in [1.82, 2.24) is 15.3 Å². The van der Waals surface area contributed by atoms with Gasteiger partial charge in [-0.05, 0) is 19.8 Å². The van der Waals surface area contributed by atoms with Gasteiger partial charge in [0.2, 0.25) is 5.91 Å². The van der Waals surface area contributed by atoms with Gasteiger partial charge in [0.1, 0.15) is 17.6 Å². The summed E-state index contributed by atoms with van der Waals surface area (Å²) in [5.74, 6) is 1.56. The number of anilines is 1. The molecule has 1 aliphatic rings. The average Bonchev–Trinajstić information content (AvgIpc) is 3.25. The number of amides is 1. The summed E-state index contributed by atoms with van der Waals surface area (Å²) in [6, 6.07) is 1.65. The molecule has 0 radical (unpaired) electrons. The van der Waals surface area contributed by atoms with Gasteiger partial charge in [0, 0.05) is 31.7 Å². The highest BCUT2D eigenvalue weighted by molar-refractivity contribution is 6.29.